The maximum Gasteiger partial charge on any atom is 0.119 e. The second kappa shape index (κ2) is 4.49. The molecular weight excluding hydrogens is 188 g/mol. The van der Waals surface area contributed by atoms with Crippen LogP contribution in [0.25, 0.3) is 0 Å². The van der Waals surface area contributed by atoms with Gasteiger partial charge in [0, 0.05) is 7.11 Å². The quantitative estimate of drug-likeness (QED) is 0.767. The number of allylic oxidation sites excluding steroid dienone is 1. The van der Waals surface area contributed by atoms with E-state index < -0.39 is 0 Å². The summed E-state index contributed by atoms with van der Waals surface area (Å²) in [5.74, 6) is 0.311. The summed E-state index contributed by atoms with van der Waals surface area (Å²) in [4.78, 5) is 0. The summed E-state index contributed by atoms with van der Waals surface area (Å²) in [5.41, 5.74) is 1.61. The molecule has 0 radical (unpaired) electrons. The number of rotatable bonds is 4. The number of ether oxygens (including phenoxy) is 1. The smallest absolute Gasteiger partial charge is 0.119 e. The standard InChI is InChI=1S/C13H18O2/c1-5-6-10-9-11(7-8-12(10)14)13(2,3)15-4/h5,7-9,14H,1,6H2,2-4H3. The molecule has 0 amide bonds. The molecule has 2 nitrogen and oxygen atoms in total. The molecule has 0 saturated carbocycles. The molecule has 0 spiro atoms. The lowest BCUT2D eigenvalue weighted by molar-refractivity contribution is 0.0191. The molecule has 0 bridgehead atoms. The van der Waals surface area contributed by atoms with E-state index in [2.05, 4.69) is 6.58 Å². The highest BCUT2D eigenvalue weighted by Crippen LogP contribution is 2.28. The number of hydrogen-bond acceptors (Lipinski definition) is 2. The fraction of sp³-hybridized carbons (Fsp3) is 0.385. The molecule has 82 valence electrons. The van der Waals surface area contributed by atoms with Crippen molar-refractivity contribution in [2.24, 2.45) is 0 Å². The van der Waals surface area contributed by atoms with Gasteiger partial charge in [-0.15, -0.1) is 6.58 Å². The number of phenols is 1. The first-order chi connectivity index (χ1) is 7.01. The third-order valence-corrected chi connectivity index (χ3v) is 2.65. The second-order valence-electron chi connectivity index (χ2n) is 4.05. The predicted octanol–water partition coefficient (Wildman–Crippen LogP) is 3.00. The highest BCUT2D eigenvalue weighted by atomic mass is 16.5. The second-order valence-corrected chi connectivity index (χ2v) is 4.05. The Labute approximate surface area is 91.2 Å². The van der Waals surface area contributed by atoms with Crippen molar-refractivity contribution in [2.45, 2.75) is 25.9 Å². The zero-order chi connectivity index (χ0) is 11.5. The molecule has 1 aromatic rings. The number of hydrogen-bond donors (Lipinski definition) is 1. The highest BCUT2D eigenvalue weighted by molar-refractivity contribution is 5.39. The Morgan fingerprint density at radius 1 is 1.47 bits per heavy atom. The molecule has 2 heteroatoms. The summed E-state index contributed by atoms with van der Waals surface area (Å²) in [6.45, 7) is 7.66. The molecule has 1 N–H and O–H groups in total. The molecular formula is C13H18O2. The first-order valence-electron chi connectivity index (χ1n) is 4.99. The van der Waals surface area contributed by atoms with Gasteiger partial charge in [-0.3, -0.25) is 0 Å². The lowest BCUT2D eigenvalue weighted by Crippen LogP contribution is -2.19. The monoisotopic (exact) mass is 206 g/mol. The number of methoxy groups -OCH3 is 1. The third kappa shape index (κ3) is 2.60. The van der Waals surface area contributed by atoms with Crippen LogP contribution in [-0.2, 0) is 16.8 Å². The van der Waals surface area contributed by atoms with Crippen LogP contribution >= 0.6 is 0 Å². The van der Waals surface area contributed by atoms with Crippen molar-refractivity contribution in [2.75, 3.05) is 7.11 Å². The molecule has 1 aromatic carbocycles. The molecule has 0 heterocycles. The van der Waals surface area contributed by atoms with Crippen LogP contribution in [0, 0.1) is 0 Å². The van der Waals surface area contributed by atoms with E-state index in [0.29, 0.717) is 12.2 Å². The highest BCUT2D eigenvalue weighted by Gasteiger charge is 2.20. The molecule has 0 saturated heterocycles. The van der Waals surface area contributed by atoms with E-state index in [1.54, 1.807) is 19.3 Å². The van der Waals surface area contributed by atoms with E-state index in [1.807, 2.05) is 26.0 Å². The molecule has 0 aliphatic rings. The summed E-state index contributed by atoms with van der Waals surface area (Å²) < 4.78 is 5.39. The minimum Gasteiger partial charge on any atom is -0.508 e. The van der Waals surface area contributed by atoms with Gasteiger partial charge in [0.2, 0.25) is 0 Å². The van der Waals surface area contributed by atoms with Crippen molar-refractivity contribution in [3.05, 3.63) is 42.0 Å². The summed E-state index contributed by atoms with van der Waals surface area (Å²) in [6.07, 6.45) is 2.44. The van der Waals surface area contributed by atoms with Gasteiger partial charge in [0.05, 0.1) is 5.60 Å². The van der Waals surface area contributed by atoms with Gasteiger partial charge in [-0.1, -0.05) is 12.1 Å². The number of aromatic hydroxyl groups is 1. The van der Waals surface area contributed by atoms with E-state index >= 15 is 0 Å². The van der Waals surface area contributed by atoms with Gasteiger partial charge >= 0.3 is 0 Å². The molecule has 0 unspecified atom stereocenters. The van der Waals surface area contributed by atoms with Crippen LogP contribution in [-0.4, -0.2) is 12.2 Å². The van der Waals surface area contributed by atoms with Gasteiger partial charge in [-0.25, -0.2) is 0 Å². The Hall–Kier alpha value is -1.28. The molecule has 0 aliphatic heterocycles. The van der Waals surface area contributed by atoms with Gasteiger partial charge in [0.1, 0.15) is 5.75 Å². The zero-order valence-corrected chi connectivity index (χ0v) is 9.58. The maximum absolute atomic E-state index is 9.62. The average Bonchev–Trinajstić information content (AvgIpc) is 2.21. The largest absolute Gasteiger partial charge is 0.508 e. The van der Waals surface area contributed by atoms with Crippen LogP contribution < -0.4 is 0 Å². The Kier molecular flexibility index (Phi) is 3.53. The van der Waals surface area contributed by atoms with Crippen molar-refractivity contribution < 1.29 is 9.84 Å². The van der Waals surface area contributed by atoms with Crippen LogP contribution in [0.3, 0.4) is 0 Å². The Balaban J connectivity index is 3.12. The molecule has 0 fully saturated rings. The number of phenolic OH excluding ortho intramolecular Hbond substituents is 1. The average molecular weight is 206 g/mol. The summed E-state index contributed by atoms with van der Waals surface area (Å²) >= 11 is 0. The van der Waals surface area contributed by atoms with E-state index in [-0.39, 0.29) is 5.60 Å². The number of benzene rings is 1. The van der Waals surface area contributed by atoms with Crippen LogP contribution in [0.1, 0.15) is 25.0 Å². The van der Waals surface area contributed by atoms with E-state index in [4.69, 9.17) is 4.74 Å². The van der Waals surface area contributed by atoms with E-state index in [1.165, 1.54) is 0 Å². The van der Waals surface area contributed by atoms with Crippen LogP contribution in [0.15, 0.2) is 30.9 Å². The lowest BCUT2D eigenvalue weighted by Gasteiger charge is -2.24. The predicted molar refractivity (Wildman–Crippen MR) is 62.0 cm³/mol. The molecule has 0 aromatic heterocycles. The molecule has 15 heavy (non-hydrogen) atoms. The minimum absolute atomic E-state index is 0.311. The Morgan fingerprint density at radius 3 is 2.67 bits per heavy atom. The minimum atomic E-state index is -0.330. The summed E-state index contributed by atoms with van der Waals surface area (Å²) in [5, 5.41) is 9.62. The Morgan fingerprint density at radius 2 is 2.13 bits per heavy atom. The molecule has 1 rings (SSSR count). The van der Waals surface area contributed by atoms with Gasteiger partial charge in [0.15, 0.2) is 0 Å². The SMILES string of the molecule is C=CCc1cc(C(C)(C)OC)ccc1O. The lowest BCUT2D eigenvalue weighted by atomic mass is 9.95. The zero-order valence-electron chi connectivity index (χ0n) is 9.58. The summed E-state index contributed by atoms with van der Waals surface area (Å²) in [7, 11) is 1.68. The van der Waals surface area contributed by atoms with Crippen LogP contribution in [0.2, 0.25) is 0 Å². The topological polar surface area (TPSA) is 29.5 Å². The van der Waals surface area contributed by atoms with Crippen molar-refractivity contribution >= 4 is 0 Å². The fourth-order valence-corrected chi connectivity index (χ4v) is 1.40. The summed E-state index contributed by atoms with van der Waals surface area (Å²) in [6, 6.07) is 5.54. The third-order valence-electron chi connectivity index (χ3n) is 2.65. The van der Waals surface area contributed by atoms with Crippen molar-refractivity contribution in [1.29, 1.82) is 0 Å². The fourth-order valence-electron chi connectivity index (χ4n) is 1.40. The van der Waals surface area contributed by atoms with E-state index in [9.17, 15) is 5.11 Å². The maximum atomic E-state index is 9.62. The van der Waals surface area contributed by atoms with Gasteiger partial charge < -0.3 is 9.84 Å². The van der Waals surface area contributed by atoms with Gasteiger partial charge in [-0.2, -0.15) is 0 Å². The molecule has 0 aliphatic carbocycles. The van der Waals surface area contributed by atoms with Crippen molar-refractivity contribution in [3.63, 3.8) is 0 Å². The first kappa shape index (κ1) is 11.8. The van der Waals surface area contributed by atoms with E-state index in [0.717, 1.165) is 11.1 Å². The van der Waals surface area contributed by atoms with Crippen molar-refractivity contribution in [3.8, 4) is 5.75 Å². The van der Waals surface area contributed by atoms with Gasteiger partial charge in [0.25, 0.3) is 0 Å². The normalized spacial score (nSPS) is 11.4. The van der Waals surface area contributed by atoms with Crippen LogP contribution in [0.4, 0.5) is 0 Å². The first-order valence-corrected chi connectivity index (χ1v) is 4.99. The molecule has 0 atom stereocenters. The Bertz CT molecular complexity index is 354. The van der Waals surface area contributed by atoms with Crippen molar-refractivity contribution in [1.82, 2.24) is 0 Å². The van der Waals surface area contributed by atoms with Crippen LogP contribution in [0.5, 0.6) is 5.75 Å². The van der Waals surface area contributed by atoms with Gasteiger partial charge in [-0.05, 0) is 43.5 Å².